The van der Waals surface area contributed by atoms with Gasteiger partial charge in [0.25, 0.3) is 0 Å². The van der Waals surface area contributed by atoms with E-state index >= 15 is 0 Å². The van der Waals surface area contributed by atoms with Crippen LogP contribution in [0.1, 0.15) is 90.3 Å². The second kappa shape index (κ2) is 6.87. The fraction of sp³-hybridized carbons (Fsp3) is 0.857. The Morgan fingerprint density at radius 3 is 2.33 bits per heavy atom. The molecule has 3 fully saturated rings. The van der Waals surface area contributed by atoms with Crippen molar-refractivity contribution < 1.29 is 4.79 Å². The number of likely N-dealkylation sites (tertiary alicyclic amines) is 1. The molecule has 6 heteroatoms. The molecule has 3 heterocycles. The van der Waals surface area contributed by atoms with Crippen molar-refractivity contribution in [1.29, 1.82) is 0 Å². The van der Waals surface area contributed by atoms with Crippen LogP contribution in [-0.2, 0) is 4.79 Å². The Labute approximate surface area is 163 Å². The first-order chi connectivity index (χ1) is 12.7. The lowest BCUT2D eigenvalue weighted by Crippen LogP contribution is -2.58. The number of aromatic nitrogens is 3. The molecule has 1 amide bonds. The highest BCUT2D eigenvalue weighted by atomic mass is 16.2. The van der Waals surface area contributed by atoms with Gasteiger partial charge in [0.15, 0.2) is 0 Å². The summed E-state index contributed by atoms with van der Waals surface area (Å²) in [6.45, 7) is 10.7. The summed E-state index contributed by atoms with van der Waals surface area (Å²) in [5, 5.41) is 12.4. The van der Waals surface area contributed by atoms with Crippen LogP contribution in [0.3, 0.4) is 0 Å². The zero-order valence-electron chi connectivity index (χ0n) is 17.4. The Balaban J connectivity index is 1.29. The highest BCUT2D eigenvalue weighted by Crippen LogP contribution is 2.39. The third-order valence-electron chi connectivity index (χ3n) is 6.45. The van der Waals surface area contributed by atoms with Gasteiger partial charge in [-0.3, -0.25) is 4.79 Å². The fourth-order valence-corrected chi connectivity index (χ4v) is 5.47. The van der Waals surface area contributed by atoms with Crippen LogP contribution >= 0.6 is 0 Å². The molecule has 0 radical (unpaired) electrons. The maximum atomic E-state index is 12.9. The highest BCUT2D eigenvalue weighted by Gasteiger charge is 2.39. The van der Waals surface area contributed by atoms with E-state index in [4.69, 9.17) is 0 Å². The van der Waals surface area contributed by atoms with E-state index in [1.807, 2.05) is 4.68 Å². The van der Waals surface area contributed by atoms with Gasteiger partial charge in [-0.05, 0) is 72.1 Å². The van der Waals surface area contributed by atoms with Gasteiger partial charge in [0.1, 0.15) is 0 Å². The molecule has 1 N–H and O–H groups in total. The second-order valence-electron chi connectivity index (χ2n) is 10.4. The minimum Gasteiger partial charge on any atom is -0.343 e. The molecule has 2 saturated heterocycles. The molecule has 3 aliphatic rings. The van der Waals surface area contributed by atoms with Crippen LogP contribution < -0.4 is 5.32 Å². The van der Waals surface area contributed by atoms with Gasteiger partial charge in [-0.2, -0.15) is 0 Å². The van der Waals surface area contributed by atoms with Crippen LogP contribution in [0.4, 0.5) is 0 Å². The van der Waals surface area contributed by atoms with E-state index in [1.165, 1.54) is 12.8 Å². The molecule has 6 nitrogen and oxygen atoms in total. The zero-order valence-corrected chi connectivity index (χ0v) is 17.4. The fourth-order valence-electron chi connectivity index (χ4n) is 5.47. The number of amides is 1. The van der Waals surface area contributed by atoms with Gasteiger partial charge < -0.3 is 10.2 Å². The molecule has 1 saturated carbocycles. The van der Waals surface area contributed by atoms with E-state index in [9.17, 15) is 4.79 Å². The molecule has 0 atom stereocenters. The summed E-state index contributed by atoms with van der Waals surface area (Å²) in [5.41, 5.74) is 1.36. The predicted molar refractivity (Wildman–Crippen MR) is 105 cm³/mol. The van der Waals surface area contributed by atoms with Crippen molar-refractivity contribution >= 4 is 5.91 Å². The van der Waals surface area contributed by atoms with Gasteiger partial charge in [-0.15, -0.1) is 5.10 Å². The van der Waals surface area contributed by atoms with Gasteiger partial charge in [0, 0.05) is 42.7 Å². The molecule has 1 aliphatic carbocycles. The predicted octanol–water partition coefficient (Wildman–Crippen LogP) is 3.27. The van der Waals surface area contributed by atoms with E-state index < -0.39 is 0 Å². The summed E-state index contributed by atoms with van der Waals surface area (Å²) < 4.78 is 2.05. The summed E-state index contributed by atoms with van der Waals surface area (Å²) >= 11 is 0. The first-order valence-electron chi connectivity index (χ1n) is 10.7. The van der Waals surface area contributed by atoms with Crippen LogP contribution in [0.15, 0.2) is 6.20 Å². The normalized spacial score (nSPS) is 26.3. The third kappa shape index (κ3) is 4.53. The summed E-state index contributed by atoms with van der Waals surface area (Å²) in [6.07, 6.45) is 9.47. The minimum absolute atomic E-state index is 0.103. The number of hydrogen-bond acceptors (Lipinski definition) is 4. The molecule has 0 bridgehead atoms. The van der Waals surface area contributed by atoms with Crippen LogP contribution in [0.25, 0.3) is 0 Å². The number of nitrogens with one attached hydrogen (secondary N) is 1. The number of carbonyl (C=O) groups is 1. The van der Waals surface area contributed by atoms with Crippen LogP contribution in [-0.4, -0.2) is 50.0 Å². The Morgan fingerprint density at radius 1 is 1.11 bits per heavy atom. The molecule has 27 heavy (non-hydrogen) atoms. The number of rotatable bonds is 4. The highest BCUT2D eigenvalue weighted by molar-refractivity contribution is 5.76. The monoisotopic (exact) mass is 373 g/mol. The molecule has 1 aromatic heterocycles. The van der Waals surface area contributed by atoms with Crippen molar-refractivity contribution in [1.82, 2.24) is 25.2 Å². The van der Waals surface area contributed by atoms with Crippen molar-refractivity contribution in [3.63, 3.8) is 0 Å². The summed E-state index contributed by atoms with van der Waals surface area (Å²) in [5.74, 6) is 1.46. The van der Waals surface area contributed by atoms with Gasteiger partial charge in [-0.25, -0.2) is 4.68 Å². The topological polar surface area (TPSA) is 63.1 Å². The Bertz CT molecular complexity index is 666. The van der Waals surface area contributed by atoms with Crippen molar-refractivity contribution in [3.05, 3.63) is 11.9 Å². The van der Waals surface area contributed by atoms with Crippen LogP contribution in [0, 0.1) is 5.92 Å². The van der Waals surface area contributed by atoms with Crippen molar-refractivity contribution in [2.24, 2.45) is 5.92 Å². The van der Waals surface area contributed by atoms with E-state index in [0.29, 0.717) is 30.2 Å². The molecule has 0 spiro atoms. The maximum Gasteiger partial charge on any atom is 0.222 e. The Kier molecular flexibility index (Phi) is 4.81. The lowest BCUT2D eigenvalue weighted by molar-refractivity contribution is -0.134. The lowest BCUT2D eigenvalue weighted by Gasteiger charge is -2.46. The van der Waals surface area contributed by atoms with E-state index in [-0.39, 0.29) is 11.1 Å². The third-order valence-corrected chi connectivity index (χ3v) is 6.45. The van der Waals surface area contributed by atoms with E-state index in [2.05, 4.69) is 54.4 Å². The van der Waals surface area contributed by atoms with Crippen molar-refractivity contribution in [2.75, 3.05) is 13.1 Å². The quantitative estimate of drug-likeness (QED) is 0.880. The lowest BCUT2D eigenvalue weighted by atomic mass is 9.74. The smallest absolute Gasteiger partial charge is 0.222 e. The van der Waals surface area contributed by atoms with Gasteiger partial charge in [-0.1, -0.05) is 5.21 Å². The Morgan fingerprint density at radius 2 is 1.74 bits per heavy atom. The zero-order chi connectivity index (χ0) is 19.2. The molecule has 2 aliphatic heterocycles. The average molecular weight is 374 g/mol. The number of hydrogen-bond donors (Lipinski definition) is 1. The van der Waals surface area contributed by atoms with Crippen LogP contribution in [0.2, 0.25) is 0 Å². The van der Waals surface area contributed by atoms with E-state index in [0.717, 1.165) is 44.5 Å². The van der Waals surface area contributed by atoms with Gasteiger partial charge in [0.05, 0.1) is 11.7 Å². The molecule has 150 valence electrons. The number of carbonyl (C=O) groups excluding carboxylic acids is 1. The minimum atomic E-state index is 0.103. The molecular weight excluding hydrogens is 338 g/mol. The SMILES string of the molecule is CC1(C)CC(CC(=O)N2CCC(n3cc(C4CC4)nn3)CC2)CC(C)(C)N1. The number of piperidine rings is 2. The summed E-state index contributed by atoms with van der Waals surface area (Å²) in [4.78, 5) is 15.0. The van der Waals surface area contributed by atoms with Gasteiger partial charge >= 0.3 is 0 Å². The molecule has 1 aromatic rings. The number of nitrogens with zero attached hydrogens (tertiary/aromatic N) is 4. The standard InChI is InChI=1S/C21H35N5O/c1-20(2)12-15(13-21(3,4)23-20)11-19(27)25-9-7-17(8-10-25)26-14-18(22-24-26)16-5-6-16/h14-17,23H,5-13H2,1-4H3. The van der Waals surface area contributed by atoms with Crippen molar-refractivity contribution in [3.8, 4) is 0 Å². The summed E-state index contributed by atoms with van der Waals surface area (Å²) in [7, 11) is 0. The van der Waals surface area contributed by atoms with Crippen molar-refractivity contribution in [2.45, 2.75) is 95.7 Å². The molecular formula is C21H35N5O. The van der Waals surface area contributed by atoms with E-state index in [1.54, 1.807) is 0 Å². The molecule has 4 rings (SSSR count). The first kappa shape index (κ1) is 18.9. The van der Waals surface area contributed by atoms with Gasteiger partial charge in [0.2, 0.25) is 5.91 Å². The van der Waals surface area contributed by atoms with Crippen LogP contribution in [0.5, 0.6) is 0 Å². The maximum absolute atomic E-state index is 12.9. The molecule has 0 unspecified atom stereocenters. The second-order valence-corrected chi connectivity index (χ2v) is 10.4. The summed E-state index contributed by atoms with van der Waals surface area (Å²) in [6, 6.07) is 0.394. The molecule has 0 aromatic carbocycles. The first-order valence-corrected chi connectivity index (χ1v) is 10.7. The largest absolute Gasteiger partial charge is 0.343 e. The Hall–Kier alpha value is -1.43. The average Bonchev–Trinajstić information content (AvgIpc) is 3.29.